The predicted molar refractivity (Wildman–Crippen MR) is 140 cm³/mol. The standard InChI is InChI=1S/C25H26FN5O5.C2H6/c1-12-4-14-16(9-29-8-13(27)7-28-2-3-32)17-10-31-21(22(17)30-20(14)6-19(12)26)5-15-18(24(31)34)11-36-25(35)23(15)33;1-2/h4-6,8,23,28-29,32-33H,2-3,7,9-11,27H2,1H3;1-2H3/b13-8-;. The number of nitrogens with zero attached hydrogens (tertiary/aromatic N) is 2. The van der Waals surface area contributed by atoms with Gasteiger partial charge in [-0.3, -0.25) is 4.79 Å². The number of rotatable bonds is 7. The Labute approximate surface area is 218 Å². The molecule has 5 rings (SSSR count). The maximum atomic E-state index is 14.5. The summed E-state index contributed by atoms with van der Waals surface area (Å²) in [5.41, 5.74) is 10.1. The second-order valence-electron chi connectivity index (χ2n) is 8.90. The highest BCUT2D eigenvalue weighted by Crippen LogP contribution is 2.38. The van der Waals surface area contributed by atoms with E-state index in [1.54, 1.807) is 25.3 Å². The number of aromatic nitrogens is 2. The molecule has 2 aliphatic heterocycles. The number of benzene rings is 1. The fourth-order valence-corrected chi connectivity index (χ4v) is 4.69. The molecule has 0 spiro atoms. The number of aryl methyl sites for hydroxylation is 1. The number of carbonyl (C=O) groups excluding carboxylic acids is 1. The van der Waals surface area contributed by atoms with E-state index in [0.717, 1.165) is 16.5 Å². The Kier molecular flexibility index (Phi) is 8.10. The van der Waals surface area contributed by atoms with E-state index in [1.165, 1.54) is 10.6 Å². The lowest BCUT2D eigenvalue weighted by Crippen LogP contribution is -2.32. The number of hydrogen-bond acceptors (Lipinski definition) is 9. The number of nitrogens with one attached hydrogen (secondary N) is 2. The molecule has 2 aliphatic rings. The minimum absolute atomic E-state index is 0.00638. The molecule has 11 heteroatoms. The molecule has 0 fully saturated rings. The summed E-state index contributed by atoms with van der Waals surface area (Å²) in [6, 6.07) is 4.69. The largest absolute Gasteiger partial charge is 0.458 e. The maximum Gasteiger partial charge on any atom is 0.340 e. The molecule has 38 heavy (non-hydrogen) atoms. The molecule has 2 aromatic heterocycles. The van der Waals surface area contributed by atoms with E-state index in [-0.39, 0.29) is 36.4 Å². The van der Waals surface area contributed by atoms with Gasteiger partial charge >= 0.3 is 5.97 Å². The third kappa shape index (κ3) is 4.87. The highest BCUT2D eigenvalue weighted by molar-refractivity contribution is 5.89. The third-order valence-electron chi connectivity index (χ3n) is 6.54. The number of fused-ring (bicyclic) bond motifs is 5. The second-order valence-corrected chi connectivity index (χ2v) is 8.90. The molecular formula is C27H32FN5O5. The number of aliphatic hydroxyl groups excluding tert-OH is 2. The fraction of sp³-hybridized carbons (Fsp3) is 0.370. The van der Waals surface area contributed by atoms with Gasteiger partial charge in [-0.1, -0.05) is 13.8 Å². The average molecular weight is 526 g/mol. The van der Waals surface area contributed by atoms with Gasteiger partial charge in [0.05, 0.1) is 35.6 Å². The van der Waals surface area contributed by atoms with Gasteiger partial charge in [0, 0.05) is 54.1 Å². The highest BCUT2D eigenvalue weighted by Gasteiger charge is 2.34. The van der Waals surface area contributed by atoms with Crippen molar-refractivity contribution in [1.29, 1.82) is 0 Å². The maximum absolute atomic E-state index is 14.5. The third-order valence-corrected chi connectivity index (χ3v) is 6.54. The summed E-state index contributed by atoms with van der Waals surface area (Å²) in [4.78, 5) is 29.9. The molecule has 1 unspecified atom stereocenters. The smallest absolute Gasteiger partial charge is 0.340 e. The molecule has 202 valence electrons. The lowest BCUT2D eigenvalue weighted by molar-refractivity contribution is -0.157. The molecule has 3 aromatic rings. The molecule has 0 radical (unpaired) electrons. The number of ether oxygens (including phenoxy) is 1. The first kappa shape index (κ1) is 27.2. The Bertz CT molecular complexity index is 1480. The van der Waals surface area contributed by atoms with Gasteiger partial charge in [0.25, 0.3) is 5.56 Å². The zero-order valence-electron chi connectivity index (χ0n) is 21.6. The summed E-state index contributed by atoms with van der Waals surface area (Å²) >= 11 is 0. The van der Waals surface area contributed by atoms with Crippen molar-refractivity contribution in [3.05, 3.63) is 74.1 Å². The van der Waals surface area contributed by atoms with Crippen LogP contribution in [0.1, 0.15) is 47.8 Å². The summed E-state index contributed by atoms with van der Waals surface area (Å²) in [6.07, 6.45) is 0.108. The van der Waals surface area contributed by atoms with Crippen LogP contribution < -0.4 is 21.9 Å². The molecule has 0 saturated carbocycles. The van der Waals surface area contributed by atoms with Crippen molar-refractivity contribution in [2.24, 2.45) is 5.73 Å². The Morgan fingerprint density at radius 2 is 2.05 bits per heavy atom. The van der Waals surface area contributed by atoms with Crippen molar-refractivity contribution < 1.29 is 24.1 Å². The SMILES string of the molecule is CC.Cc1cc2c(CN/C=C(\N)CNCCO)c3c(nc2cc1F)-c1cc2c(c(=O)n1C3)COC(=O)C2O. The van der Waals surface area contributed by atoms with Crippen LogP contribution in [0.5, 0.6) is 0 Å². The van der Waals surface area contributed by atoms with Crippen LogP contribution in [0.4, 0.5) is 4.39 Å². The quantitative estimate of drug-likeness (QED) is 0.178. The van der Waals surface area contributed by atoms with E-state index in [1.807, 2.05) is 13.8 Å². The lowest BCUT2D eigenvalue weighted by atomic mass is 9.97. The summed E-state index contributed by atoms with van der Waals surface area (Å²) in [5, 5.41) is 26.2. The van der Waals surface area contributed by atoms with Crippen LogP contribution in [-0.4, -0.2) is 45.4 Å². The van der Waals surface area contributed by atoms with Crippen LogP contribution >= 0.6 is 0 Å². The van der Waals surface area contributed by atoms with Crippen molar-refractivity contribution in [3.8, 4) is 11.4 Å². The molecule has 4 heterocycles. The lowest BCUT2D eigenvalue weighted by Gasteiger charge is -2.21. The van der Waals surface area contributed by atoms with Crippen molar-refractivity contribution >= 4 is 16.9 Å². The fourth-order valence-electron chi connectivity index (χ4n) is 4.69. The zero-order chi connectivity index (χ0) is 27.6. The van der Waals surface area contributed by atoms with Gasteiger partial charge in [0.1, 0.15) is 12.4 Å². The first-order valence-corrected chi connectivity index (χ1v) is 12.5. The number of cyclic esters (lactones) is 1. The Morgan fingerprint density at radius 1 is 1.29 bits per heavy atom. The van der Waals surface area contributed by atoms with Gasteiger partial charge in [-0.15, -0.1) is 0 Å². The molecule has 0 bridgehead atoms. The van der Waals surface area contributed by atoms with E-state index in [2.05, 4.69) is 15.6 Å². The van der Waals surface area contributed by atoms with Crippen LogP contribution in [0, 0.1) is 12.7 Å². The van der Waals surface area contributed by atoms with Crippen molar-refractivity contribution in [2.45, 2.75) is 46.6 Å². The molecular weight excluding hydrogens is 493 g/mol. The Hall–Kier alpha value is -3.80. The number of aliphatic hydroxyl groups is 2. The van der Waals surface area contributed by atoms with Crippen LogP contribution in [0.25, 0.3) is 22.3 Å². The normalized spacial score (nSPS) is 15.8. The zero-order valence-corrected chi connectivity index (χ0v) is 21.6. The van der Waals surface area contributed by atoms with Crippen molar-refractivity contribution in [1.82, 2.24) is 20.2 Å². The summed E-state index contributed by atoms with van der Waals surface area (Å²) < 4.78 is 21.0. The molecule has 0 amide bonds. The number of halogens is 1. The Morgan fingerprint density at radius 3 is 2.79 bits per heavy atom. The minimum Gasteiger partial charge on any atom is -0.458 e. The van der Waals surface area contributed by atoms with E-state index < -0.39 is 17.9 Å². The van der Waals surface area contributed by atoms with Gasteiger partial charge in [-0.25, -0.2) is 14.2 Å². The molecule has 6 N–H and O–H groups in total. The summed E-state index contributed by atoms with van der Waals surface area (Å²) in [5.74, 6) is -1.20. The van der Waals surface area contributed by atoms with Gasteiger partial charge in [0.15, 0.2) is 6.10 Å². The molecule has 1 aromatic carbocycles. The van der Waals surface area contributed by atoms with Crippen LogP contribution in [0.2, 0.25) is 0 Å². The van der Waals surface area contributed by atoms with Crippen LogP contribution in [0.3, 0.4) is 0 Å². The predicted octanol–water partition coefficient (Wildman–Crippen LogP) is 1.46. The summed E-state index contributed by atoms with van der Waals surface area (Å²) in [7, 11) is 0. The molecule has 0 saturated heterocycles. The van der Waals surface area contributed by atoms with Crippen LogP contribution in [-0.2, 0) is 29.2 Å². The summed E-state index contributed by atoms with van der Waals surface area (Å²) in [6.45, 7) is 6.85. The minimum atomic E-state index is -1.55. The monoisotopic (exact) mass is 525 g/mol. The van der Waals surface area contributed by atoms with Crippen molar-refractivity contribution in [3.63, 3.8) is 0 Å². The van der Waals surface area contributed by atoms with E-state index in [0.29, 0.717) is 47.8 Å². The number of hydrogen-bond donors (Lipinski definition) is 5. The highest BCUT2D eigenvalue weighted by atomic mass is 19.1. The van der Waals surface area contributed by atoms with E-state index >= 15 is 0 Å². The average Bonchev–Trinajstić information content (AvgIpc) is 3.27. The van der Waals surface area contributed by atoms with Crippen LogP contribution in [0.15, 0.2) is 34.9 Å². The van der Waals surface area contributed by atoms with E-state index in [4.69, 9.17) is 15.6 Å². The van der Waals surface area contributed by atoms with Gasteiger partial charge in [-0.2, -0.15) is 0 Å². The second kappa shape index (κ2) is 11.3. The number of esters is 1. The Balaban J connectivity index is 0.00000164. The topological polar surface area (TPSA) is 152 Å². The van der Waals surface area contributed by atoms with Gasteiger partial charge in [-0.05, 0) is 30.2 Å². The number of nitrogens with two attached hydrogens (primary N) is 1. The van der Waals surface area contributed by atoms with Gasteiger partial charge in [0.2, 0.25) is 0 Å². The number of pyridine rings is 2. The van der Waals surface area contributed by atoms with Crippen molar-refractivity contribution in [2.75, 3.05) is 19.7 Å². The number of carbonyl (C=O) groups is 1. The molecule has 0 aliphatic carbocycles. The van der Waals surface area contributed by atoms with Gasteiger partial charge < -0.3 is 35.9 Å². The van der Waals surface area contributed by atoms with E-state index in [9.17, 15) is 19.1 Å². The first-order chi connectivity index (χ1) is 18.3. The first-order valence-electron chi connectivity index (χ1n) is 12.5. The molecule has 10 nitrogen and oxygen atoms in total. The molecule has 1 atom stereocenters.